The van der Waals surface area contributed by atoms with Crippen molar-refractivity contribution in [3.05, 3.63) is 33.9 Å². The lowest BCUT2D eigenvalue weighted by Gasteiger charge is -2.14. The van der Waals surface area contributed by atoms with E-state index in [1.807, 2.05) is 13.8 Å². The lowest BCUT2D eigenvalue weighted by molar-refractivity contribution is -0.140. The molecule has 1 atom stereocenters. The third-order valence-corrected chi connectivity index (χ3v) is 4.05. The molecule has 0 aliphatic carbocycles. The Morgan fingerprint density at radius 1 is 1.46 bits per heavy atom. The number of hydrogen-bond acceptors (Lipinski definition) is 4. The largest absolute Gasteiger partial charge is 0.490 e. The lowest BCUT2D eigenvalue weighted by atomic mass is 10.2. The van der Waals surface area contributed by atoms with Crippen LogP contribution in [0.1, 0.15) is 25.8 Å². The number of nitrogens with one attached hydrogen (secondary N) is 1. The first-order chi connectivity index (χ1) is 11.3. The number of carboxylic acid groups (broad SMARTS) is 1. The van der Waals surface area contributed by atoms with Crippen LogP contribution in [0.5, 0.6) is 5.75 Å². The molecule has 0 unspecified atom stereocenters. The second kappa shape index (κ2) is 7.48. The van der Waals surface area contributed by atoms with Gasteiger partial charge in [-0.1, -0.05) is 13.0 Å². The molecule has 0 spiro atoms. The van der Waals surface area contributed by atoms with Gasteiger partial charge in [-0.05, 0) is 53.0 Å². The van der Waals surface area contributed by atoms with E-state index in [1.165, 1.54) is 6.08 Å². The molecule has 8 heteroatoms. The number of imide groups is 1. The fraction of sp³-hybridized carbons (Fsp3) is 0.312. The lowest BCUT2D eigenvalue weighted by Crippen LogP contribution is -2.35. The van der Waals surface area contributed by atoms with E-state index in [9.17, 15) is 14.4 Å². The molecule has 0 saturated carbocycles. The Hall–Kier alpha value is -2.35. The topological polar surface area (TPSA) is 95.9 Å². The van der Waals surface area contributed by atoms with Gasteiger partial charge in [-0.2, -0.15) is 0 Å². The molecule has 1 aliphatic heterocycles. The molecule has 1 aromatic carbocycles. The predicted molar refractivity (Wildman–Crippen MR) is 90.4 cm³/mol. The Bertz CT molecular complexity index is 716. The van der Waals surface area contributed by atoms with E-state index >= 15 is 0 Å². The maximum Gasteiger partial charge on any atom is 0.329 e. The number of amides is 3. The summed E-state index contributed by atoms with van der Waals surface area (Å²) in [5.41, 5.74) is 0.697. The zero-order chi connectivity index (χ0) is 17.9. The first-order valence-corrected chi connectivity index (χ1v) is 8.13. The zero-order valence-electron chi connectivity index (χ0n) is 13.2. The summed E-state index contributed by atoms with van der Waals surface area (Å²) >= 11 is 3.41. The van der Waals surface area contributed by atoms with Crippen LogP contribution in [0.25, 0.3) is 6.08 Å². The second-order valence-corrected chi connectivity index (χ2v) is 6.15. The molecule has 128 valence electrons. The van der Waals surface area contributed by atoms with Gasteiger partial charge in [0.1, 0.15) is 18.0 Å². The van der Waals surface area contributed by atoms with E-state index in [-0.39, 0.29) is 11.8 Å². The van der Waals surface area contributed by atoms with Crippen molar-refractivity contribution in [1.82, 2.24) is 10.2 Å². The zero-order valence-corrected chi connectivity index (χ0v) is 14.8. The minimum absolute atomic E-state index is 0.0312. The number of hydrogen-bond donors (Lipinski definition) is 2. The van der Waals surface area contributed by atoms with Crippen molar-refractivity contribution < 1.29 is 24.2 Å². The third kappa shape index (κ3) is 4.14. The van der Waals surface area contributed by atoms with E-state index in [2.05, 4.69) is 21.2 Å². The fourth-order valence-corrected chi connectivity index (χ4v) is 2.51. The Labute approximate surface area is 147 Å². The number of halogens is 1. The number of benzene rings is 1. The smallest absolute Gasteiger partial charge is 0.329 e. The summed E-state index contributed by atoms with van der Waals surface area (Å²) in [5, 5.41) is 11.1. The number of carboxylic acids is 1. The number of carbonyl (C=O) groups is 3. The molecule has 1 aliphatic rings. The van der Waals surface area contributed by atoms with E-state index in [4.69, 9.17) is 9.84 Å². The predicted octanol–water partition coefficient (Wildman–Crippen LogP) is 2.60. The number of carbonyl (C=O) groups excluding carboxylic acids is 2. The number of aliphatic carboxylic acids is 1. The first kappa shape index (κ1) is 18.0. The highest BCUT2D eigenvalue weighted by Gasteiger charge is 2.34. The number of nitrogens with zero attached hydrogens (tertiary/aromatic N) is 1. The number of ether oxygens (including phenoxy) is 1. The van der Waals surface area contributed by atoms with Crippen LogP contribution >= 0.6 is 15.9 Å². The molecule has 24 heavy (non-hydrogen) atoms. The van der Waals surface area contributed by atoms with Gasteiger partial charge in [0.15, 0.2) is 0 Å². The van der Waals surface area contributed by atoms with Gasteiger partial charge in [0.25, 0.3) is 5.91 Å². The van der Waals surface area contributed by atoms with Crippen LogP contribution in [0.3, 0.4) is 0 Å². The minimum atomic E-state index is -1.26. The summed E-state index contributed by atoms with van der Waals surface area (Å²) < 4.78 is 6.46. The summed E-state index contributed by atoms with van der Waals surface area (Å²) in [6, 6.07) is 4.52. The average molecular weight is 397 g/mol. The van der Waals surface area contributed by atoms with Crippen molar-refractivity contribution in [1.29, 1.82) is 0 Å². The van der Waals surface area contributed by atoms with Crippen molar-refractivity contribution in [2.75, 3.05) is 6.54 Å². The summed E-state index contributed by atoms with van der Waals surface area (Å²) in [4.78, 5) is 35.1. The fourth-order valence-electron chi connectivity index (χ4n) is 2.02. The second-order valence-electron chi connectivity index (χ2n) is 5.30. The summed E-state index contributed by atoms with van der Waals surface area (Å²) in [6.07, 6.45) is 2.43. The normalized spacial score (nSPS) is 17.1. The standard InChI is InChI=1S/C16H17BrN2O5/c1-3-9(2)24-13-5-4-10(6-11(13)17)7-12-15(22)19(8-14(20)21)16(23)18-12/h4-7,9H,3,8H2,1-2H3,(H,18,23)(H,20,21)/b12-7+/t9-/m0/s1. The SMILES string of the molecule is CC[C@H](C)Oc1ccc(/C=C2/NC(=O)N(CC(=O)O)C2=O)cc1Br. The van der Waals surface area contributed by atoms with Gasteiger partial charge in [-0.15, -0.1) is 0 Å². The number of rotatable bonds is 6. The average Bonchev–Trinajstić information content (AvgIpc) is 2.77. The molecule has 0 aromatic heterocycles. The van der Waals surface area contributed by atoms with Gasteiger partial charge in [-0.25, -0.2) is 9.69 Å². The van der Waals surface area contributed by atoms with Crippen LogP contribution in [0.4, 0.5) is 4.79 Å². The van der Waals surface area contributed by atoms with Crippen LogP contribution < -0.4 is 10.1 Å². The maximum atomic E-state index is 12.1. The Balaban J connectivity index is 2.19. The van der Waals surface area contributed by atoms with Crippen LogP contribution in [0.15, 0.2) is 28.4 Å². The van der Waals surface area contributed by atoms with Gasteiger partial charge in [0.05, 0.1) is 10.6 Å². The van der Waals surface area contributed by atoms with Crippen molar-refractivity contribution >= 4 is 39.9 Å². The van der Waals surface area contributed by atoms with E-state index in [1.54, 1.807) is 18.2 Å². The van der Waals surface area contributed by atoms with Crippen LogP contribution in [0, 0.1) is 0 Å². The van der Waals surface area contributed by atoms with Gasteiger partial charge in [0.2, 0.25) is 0 Å². The van der Waals surface area contributed by atoms with Gasteiger partial charge < -0.3 is 15.2 Å². The molecule has 3 amide bonds. The van der Waals surface area contributed by atoms with Crippen molar-refractivity contribution in [3.8, 4) is 5.75 Å². The molecular formula is C16H17BrN2O5. The molecule has 7 nitrogen and oxygen atoms in total. The Kier molecular flexibility index (Phi) is 5.61. The minimum Gasteiger partial charge on any atom is -0.490 e. The highest BCUT2D eigenvalue weighted by Crippen LogP contribution is 2.28. The quantitative estimate of drug-likeness (QED) is 0.568. The van der Waals surface area contributed by atoms with Crippen molar-refractivity contribution in [2.24, 2.45) is 0 Å². The Morgan fingerprint density at radius 2 is 2.17 bits per heavy atom. The van der Waals surface area contributed by atoms with Gasteiger partial charge >= 0.3 is 12.0 Å². The number of urea groups is 1. The van der Waals surface area contributed by atoms with E-state index in [0.717, 1.165) is 10.9 Å². The van der Waals surface area contributed by atoms with Crippen molar-refractivity contribution in [2.45, 2.75) is 26.4 Å². The molecule has 1 aromatic rings. The summed E-state index contributed by atoms with van der Waals surface area (Å²) in [5.74, 6) is -1.24. The van der Waals surface area contributed by atoms with E-state index < -0.39 is 24.5 Å². The molecule has 0 bridgehead atoms. The molecule has 1 fully saturated rings. The molecule has 2 rings (SSSR count). The molecule has 2 N–H and O–H groups in total. The maximum absolute atomic E-state index is 12.1. The molecule has 0 radical (unpaired) electrons. The Morgan fingerprint density at radius 3 is 2.75 bits per heavy atom. The first-order valence-electron chi connectivity index (χ1n) is 7.34. The monoisotopic (exact) mass is 396 g/mol. The highest BCUT2D eigenvalue weighted by molar-refractivity contribution is 9.10. The van der Waals surface area contributed by atoms with Crippen LogP contribution in [-0.4, -0.2) is 40.6 Å². The highest BCUT2D eigenvalue weighted by atomic mass is 79.9. The van der Waals surface area contributed by atoms with Gasteiger partial charge in [-0.3, -0.25) is 9.59 Å². The van der Waals surface area contributed by atoms with Gasteiger partial charge in [0, 0.05) is 0 Å². The molecule has 1 saturated heterocycles. The van der Waals surface area contributed by atoms with Crippen LogP contribution in [0.2, 0.25) is 0 Å². The van der Waals surface area contributed by atoms with Crippen molar-refractivity contribution in [3.63, 3.8) is 0 Å². The van der Waals surface area contributed by atoms with E-state index in [0.29, 0.717) is 16.2 Å². The van der Waals surface area contributed by atoms with Crippen LogP contribution in [-0.2, 0) is 9.59 Å². The summed E-state index contributed by atoms with van der Waals surface area (Å²) in [7, 11) is 0. The summed E-state index contributed by atoms with van der Waals surface area (Å²) in [6.45, 7) is 3.31. The molecule has 1 heterocycles. The third-order valence-electron chi connectivity index (χ3n) is 3.43. The molecular weight excluding hydrogens is 380 g/mol.